The Morgan fingerprint density at radius 1 is 1.33 bits per heavy atom. The van der Waals surface area contributed by atoms with Crippen LogP contribution in [0.1, 0.15) is 5.56 Å². The molecule has 2 N–H and O–H groups in total. The van der Waals surface area contributed by atoms with Crippen LogP contribution in [0, 0.1) is 5.92 Å². The van der Waals surface area contributed by atoms with E-state index in [1.54, 1.807) is 12.3 Å². The maximum atomic E-state index is 12.3. The largest absolute Gasteiger partial charge is 0.396 e. The summed E-state index contributed by atoms with van der Waals surface area (Å²) in [6.45, 7) is 1.26. The van der Waals surface area contributed by atoms with Crippen molar-refractivity contribution < 1.29 is 9.90 Å². The van der Waals surface area contributed by atoms with Crippen LogP contribution in [-0.2, 0) is 11.2 Å². The molecule has 0 radical (unpaired) electrons. The first-order valence-corrected chi connectivity index (χ1v) is 8.19. The molecule has 1 amide bonds. The van der Waals surface area contributed by atoms with Crippen LogP contribution in [0.3, 0.4) is 0 Å². The molecule has 3 rings (SSSR count). The SMILES string of the molecule is O=C(Cc1ccccc1Cl)N[C@@H]1CN(c2ccncn2)C[C@H]1CO. The maximum Gasteiger partial charge on any atom is 0.224 e. The maximum absolute atomic E-state index is 12.3. The Hall–Kier alpha value is -2.18. The topological polar surface area (TPSA) is 78.4 Å². The van der Waals surface area contributed by atoms with Crippen LogP contribution in [-0.4, -0.2) is 46.7 Å². The zero-order valence-electron chi connectivity index (χ0n) is 13.1. The first-order valence-electron chi connectivity index (χ1n) is 7.82. The highest BCUT2D eigenvalue weighted by Crippen LogP contribution is 2.22. The first kappa shape index (κ1) is 16.7. The molecule has 7 heteroatoms. The number of nitrogens with one attached hydrogen (secondary N) is 1. The molecular formula is C17H19ClN4O2. The predicted octanol–water partition coefficient (Wildman–Crippen LogP) is 1.29. The molecule has 0 spiro atoms. The summed E-state index contributed by atoms with van der Waals surface area (Å²) in [5.74, 6) is 0.664. The molecule has 0 bridgehead atoms. The number of halogens is 1. The van der Waals surface area contributed by atoms with Gasteiger partial charge in [0.25, 0.3) is 0 Å². The van der Waals surface area contributed by atoms with Gasteiger partial charge in [-0.3, -0.25) is 4.79 Å². The van der Waals surface area contributed by atoms with Crippen molar-refractivity contribution >= 4 is 23.3 Å². The Morgan fingerprint density at radius 3 is 2.88 bits per heavy atom. The molecule has 1 fully saturated rings. The minimum absolute atomic E-state index is 0.0125. The highest BCUT2D eigenvalue weighted by Gasteiger charge is 2.34. The Balaban J connectivity index is 1.63. The van der Waals surface area contributed by atoms with Crippen molar-refractivity contribution in [3.05, 3.63) is 53.4 Å². The second-order valence-corrected chi connectivity index (χ2v) is 6.26. The number of carbonyl (C=O) groups is 1. The fraction of sp³-hybridized carbons (Fsp3) is 0.353. The molecule has 1 saturated heterocycles. The standard InChI is InChI=1S/C17H19ClN4O2/c18-14-4-2-1-3-12(14)7-17(24)21-15-9-22(8-13(15)10-23)16-5-6-19-11-20-16/h1-6,11,13,15,23H,7-10H2,(H,21,24)/t13-,15+/m0/s1. The molecule has 1 aliphatic heterocycles. The molecule has 2 heterocycles. The van der Waals surface area contributed by atoms with Crippen LogP contribution in [0.2, 0.25) is 5.02 Å². The number of hydrogen-bond acceptors (Lipinski definition) is 5. The van der Waals surface area contributed by atoms with Gasteiger partial charge in [0.2, 0.25) is 5.91 Å². The van der Waals surface area contributed by atoms with Crippen LogP contribution < -0.4 is 10.2 Å². The number of aromatic nitrogens is 2. The van der Waals surface area contributed by atoms with E-state index >= 15 is 0 Å². The minimum atomic E-state index is -0.125. The molecule has 1 aromatic carbocycles. The van der Waals surface area contributed by atoms with E-state index in [0.717, 1.165) is 11.4 Å². The predicted molar refractivity (Wildman–Crippen MR) is 91.9 cm³/mol. The van der Waals surface area contributed by atoms with Gasteiger partial charge in [0.05, 0.1) is 12.5 Å². The summed E-state index contributed by atoms with van der Waals surface area (Å²) in [5.41, 5.74) is 0.794. The summed E-state index contributed by atoms with van der Waals surface area (Å²) >= 11 is 6.10. The lowest BCUT2D eigenvalue weighted by atomic mass is 10.0. The number of aliphatic hydroxyl groups excluding tert-OH is 1. The van der Waals surface area contributed by atoms with Crippen molar-refractivity contribution in [2.24, 2.45) is 5.92 Å². The van der Waals surface area contributed by atoms with Crippen molar-refractivity contribution in [2.75, 3.05) is 24.6 Å². The van der Waals surface area contributed by atoms with Crippen molar-refractivity contribution in [2.45, 2.75) is 12.5 Å². The molecule has 1 aromatic heterocycles. The zero-order chi connectivity index (χ0) is 16.9. The highest BCUT2D eigenvalue weighted by molar-refractivity contribution is 6.31. The molecule has 24 heavy (non-hydrogen) atoms. The number of benzene rings is 1. The summed E-state index contributed by atoms with van der Waals surface area (Å²) in [6.07, 6.45) is 3.40. The van der Waals surface area contributed by atoms with Crippen LogP contribution in [0.5, 0.6) is 0 Å². The summed E-state index contributed by atoms with van der Waals surface area (Å²) in [7, 11) is 0. The van der Waals surface area contributed by atoms with Gasteiger partial charge in [-0.25, -0.2) is 9.97 Å². The fourth-order valence-electron chi connectivity index (χ4n) is 2.95. The van der Waals surface area contributed by atoms with Crippen LogP contribution >= 0.6 is 11.6 Å². The summed E-state index contributed by atoms with van der Waals surface area (Å²) in [6, 6.07) is 9.00. The van der Waals surface area contributed by atoms with Gasteiger partial charge in [-0.1, -0.05) is 29.8 Å². The van der Waals surface area contributed by atoms with Crippen LogP contribution in [0.15, 0.2) is 42.9 Å². The lowest BCUT2D eigenvalue weighted by molar-refractivity contribution is -0.121. The van der Waals surface area contributed by atoms with Gasteiger partial charge in [0.1, 0.15) is 12.1 Å². The first-order chi connectivity index (χ1) is 11.7. The van der Waals surface area contributed by atoms with E-state index in [9.17, 15) is 9.90 Å². The molecule has 0 saturated carbocycles. The monoisotopic (exact) mass is 346 g/mol. The third-order valence-corrected chi connectivity index (χ3v) is 4.59. The molecule has 6 nitrogen and oxygen atoms in total. The second kappa shape index (κ2) is 7.59. The van der Waals surface area contributed by atoms with E-state index in [1.807, 2.05) is 29.2 Å². The molecule has 126 valence electrons. The third kappa shape index (κ3) is 3.83. The Bertz CT molecular complexity index is 698. The van der Waals surface area contributed by atoms with Crippen molar-refractivity contribution in [3.63, 3.8) is 0 Å². The quantitative estimate of drug-likeness (QED) is 0.853. The van der Waals surface area contributed by atoms with Gasteiger partial charge in [-0.15, -0.1) is 0 Å². The number of rotatable bonds is 5. The van der Waals surface area contributed by atoms with Crippen LogP contribution in [0.25, 0.3) is 0 Å². The lowest BCUT2D eigenvalue weighted by Gasteiger charge is -2.18. The average Bonchev–Trinajstić information content (AvgIpc) is 3.00. The van der Waals surface area contributed by atoms with Crippen molar-refractivity contribution in [1.29, 1.82) is 0 Å². The van der Waals surface area contributed by atoms with Gasteiger partial charge in [0.15, 0.2) is 0 Å². The third-order valence-electron chi connectivity index (χ3n) is 4.22. The van der Waals surface area contributed by atoms with Gasteiger partial charge in [-0.2, -0.15) is 0 Å². The van der Waals surface area contributed by atoms with E-state index in [0.29, 0.717) is 18.1 Å². The Labute approximate surface area is 145 Å². The molecule has 0 aliphatic carbocycles. The van der Waals surface area contributed by atoms with E-state index in [4.69, 9.17) is 11.6 Å². The second-order valence-electron chi connectivity index (χ2n) is 5.86. The fourth-order valence-corrected chi connectivity index (χ4v) is 3.15. The number of amides is 1. The molecule has 1 aliphatic rings. The molecule has 2 aromatic rings. The number of hydrogen-bond donors (Lipinski definition) is 2. The summed E-state index contributed by atoms with van der Waals surface area (Å²) in [5, 5.41) is 13.2. The van der Waals surface area contributed by atoms with Gasteiger partial charge >= 0.3 is 0 Å². The van der Waals surface area contributed by atoms with E-state index in [2.05, 4.69) is 15.3 Å². The molecule has 2 atom stereocenters. The summed E-state index contributed by atoms with van der Waals surface area (Å²) < 4.78 is 0. The highest BCUT2D eigenvalue weighted by atomic mass is 35.5. The Morgan fingerprint density at radius 2 is 2.17 bits per heavy atom. The number of carbonyl (C=O) groups excluding carboxylic acids is 1. The summed E-state index contributed by atoms with van der Waals surface area (Å²) in [4.78, 5) is 22.5. The normalized spacial score (nSPS) is 20.2. The van der Waals surface area contributed by atoms with Gasteiger partial charge < -0.3 is 15.3 Å². The van der Waals surface area contributed by atoms with Gasteiger partial charge in [-0.05, 0) is 17.7 Å². The van der Waals surface area contributed by atoms with Crippen molar-refractivity contribution in [1.82, 2.24) is 15.3 Å². The van der Waals surface area contributed by atoms with Crippen molar-refractivity contribution in [3.8, 4) is 0 Å². The lowest BCUT2D eigenvalue weighted by Crippen LogP contribution is -2.42. The smallest absolute Gasteiger partial charge is 0.224 e. The molecule has 0 unspecified atom stereocenters. The number of anilines is 1. The average molecular weight is 347 g/mol. The van der Waals surface area contributed by atoms with Gasteiger partial charge in [0, 0.05) is 36.8 Å². The number of aliphatic hydroxyl groups is 1. The van der Waals surface area contributed by atoms with E-state index < -0.39 is 0 Å². The zero-order valence-corrected chi connectivity index (χ0v) is 13.9. The Kier molecular flexibility index (Phi) is 5.27. The molecular weight excluding hydrogens is 328 g/mol. The van der Waals surface area contributed by atoms with Crippen LogP contribution in [0.4, 0.5) is 5.82 Å². The minimum Gasteiger partial charge on any atom is -0.396 e. The van der Waals surface area contributed by atoms with E-state index in [1.165, 1.54) is 6.33 Å². The van der Waals surface area contributed by atoms with E-state index in [-0.39, 0.29) is 30.9 Å². The number of nitrogens with zero attached hydrogens (tertiary/aromatic N) is 3.